The Balaban J connectivity index is 2.95. The van der Waals surface area contributed by atoms with Gasteiger partial charge in [0.05, 0.1) is 0 Å². The van der Waals surface area contributed by atoms with Crippen LogP contribution in [0.2, 0.25) is 0 Å². The summed E-state index contributed by atoms with van der Waals surface area (Å²) >= 11 is 3.00. The predicted octanol–water partition coefficient (Wildman–Crippen LogP) is 3.16. The maximum Gasteiger partial charge on any atom is 0.573 e. The van der Waals surface area contributed by atoms with Gasteiger partial charge in [-0.1, -0.05) is 15.9 Å². The van der Waals surface area contributed by atoms with Gasteiger partial charge in [0.25, 0.3) is 0 Å². The van der Waals surface area contributed by atoms with Gasteiger partial charge in [-0.15, -0.1) is 13.2 Å². The second-order valence-corrected chi connectivity index (χ2v) is 3.20. The number of carbonyl (C=O) groups excluding carboxylic acids is 1. The van der Waals surface area contributed by atoms with E-state index in [0.29, 0.717) is 10.8 Å². The third kappa shape index (κ3) is 3.02. The van der Waals surface area contributed by atoms with Crippen LogP contribution in [0, 0.1) is 0 Å². The van der Waals surface area contributed by atoms with E-state index in [4.69, 9.17) is 0 Å². The van der Waals surface area contributed by atoms with Gasteiger partial charge < -0.3 is 4.74 Å². The summed E-state index contributed by atoms with van der Waals surface area (Å²) in [6, 6.07) is 3.43. The maximum atomic E-state index is 11.8. The molecule has 6 heteroatoms. The van der Waals surface area contributed by atoms with Gasteiger partial charge in [0, 0.05) is 10.0 Å². The average Bonchev–Trinajstić information content (AvgIpc) is 2.06. The Morgan fingerprint density at radius 1 is 1.36 bits per heavy atom. The van der Waals surface area contributed by atoms with Crippen molar-refractivity contribution in [1.82, 2.24) is 0 Å². The van der Waals surface area contributed by atoms with Crippen LogP contribution in [0.5, 0.6) is 5.75 Å². The van der Waals surface area contributed by atoms with E-state index in [1.54, 1.807) is 0 Å². The molecule has 0 fully saturated rings. The number of halogens is 4. The van der Waals surface area contributed by atoms with E-state index in [-0.39, 0.29) is 5.56 Å². The van der Waals surface area contributed by atoms with Gasteiger partial charge in [0.1, 0.15) is 5.75 Å². The van der Waals surface area contributed by atoms with E-state index in [0.717, 1.165) is 12.1 Å². The largest absolute Gasteiger partial charge is 0.573 e. The number of ether oxygens (including phenoxy) is 1. The van der Waals surface area contributed by atoms with Crippen LogP contribution in [0.25, 0.3) is 0 Å². The van der Waals surface area contributed by atoms with Crippen molar-refractivity contribution in [2.75, 3.05) is 0 Å². The first-order valence-electron chi connectivity index (χ1n) is 3.43. The minimum Gasteiger partial charge on any atom is -0.406 e. The SMILES string of the molecule is O=Cc1cc(OC(F)(F)F)ccc1Br. The van der Waals surface area contributed by atoms with Gasteiger partial charge in [-0.2, -0.15) is 0 Å². The van der Waals surface area contributed by atoms with Gasteiger partial charge in [-0.05, 0) is 18.2 Å². The van der Waals surface area contributed by atoms with Crippen molar-refractivity contribution in [3.8, 4) is 5.75 Å². The van der Waals surface area contributed by atoms with E-state index in [1.807, 2.05) is 0 Å². The summed E-state index contributed by atoms with van der Waals surface area (Å²) in [5, 5.41) is 0. The minimum atomic E-state index is -4.74. The molecule has 0 spiro atoms. The summed E-state index contributed by atoms with van der Waals surface area (Å²) in [5.41, 5.74) is 0.103. The maximum absolute atomic E-state index is 11.8. The Hall–Kier alpha value is -1.04. The molecule has 0 aromatic heterocycles. The second kappa shape index (κ2) is 4.00. The zero-order valence-corrected chi connectivity index (χ0v) is 8.22. The molecule has 0 aliphatic carbocycles. The van der Waals surface area contributed by atoms with Crippen molar-refractivity contribution in [1.29, 1.82) is 0 Å². The molecule has 1 aromatic carbocycles. The van der Waals surface area contributed by atoms with Crippen LogP contribution in [0.1, 0.15) is 10.4 Å². The van der Waals surface area contributed by atoms with E-state index in [2.05, 4.69) is 20.7 Å². The van der Waals surface area contributed by atoms with Gasteiger partial charge in [-0.3, -0.25) is 4.79 Å². The molecule has 0 aliphatic heterocycles. The van der Waals surface area contributed by atoms with Crippen LogP contribution >= 0.6 is 15.9 Å². The standard InChI is InChI=1S/C8H4BrF3O2/c9-7-2-1-6(3-5(7)4-13)14-8(10,11)12/h1-4H. The van der Waals surface area contributed by atoms with Crippen LogP contribution in [0.3, 0.4) is 0 Å². The van der Waals surface area contributed by atoms with Crippen LogP contribution in [-0.4, -0.2) is 12.6 Å². The van der Waals surface area contributed by atoms with Crippen molar-refractivity contribution in [3.05, 3.63) is 28.2 Å². The number of hydrogen-bond acceptors (Lipinski definition) is 2. The number of alkyl halides is 3. The van der Waals surface area contributed by atoms with Crippen LogP contribution < -0.4 is 4.74 Å². The van der Waals surface area contributed by atoms with Crippen molar-refractivity contribution >= 4 is 22.2 Å². The molecule has 0 bridgehead atoms. The number of aldehydes is 1. The third-order valence-corrected chi connectivity index (χ3v) is 2.05. The summed E-state index contributed by atoms with van der Waals surface area (Å²) < 4.78 is 39.3. The number of carbonyl (C=O) groups is 1. The monoisotopic (exact) mass is 268 g/mol. The summed E-state index contributed by atoms with van der Waals surface area (Å²) in [5.74, 6) is -0.414. The van der Waals surface area contributed by atoms with Gasteiger partial charge in [0.15, 0.2) is 6.29 Å². The zero-order chi connectivity index (χ0) is 10.8. The first-order valence-corrected chi connectivity index (χ1v) is 4.22. The third-order valence-electron chi connectivity index (χ3n) is 1.33. The molecule has 0 saturated heterocycles. The second-order valence-electron chi connectivity index (χ2n) is 2.35. The molecule has 0 N–H and O–H groups in total. The first-order chi connectivity index (χ1) is 6.42. The number of hydrogen-bond donors (Lipinski definition) is 0. The molecule has 14 heavy (non-hydrogen) atoms. The Bertz CT molecular complexity index is 349. The molecule has 0 aliphatic rings. The van der Waals surface area contributed by atoms with Crippen molar-refractivity contribution in [3.63, 3.8) is 0 Å². The van der Waals surface area contributed by atoms with E-state index in [1.165, 1.54) is 6.07 Å². The Kier molecular flexibility index (Phi) is 3.15. The minimum absolute atomic E-state index is 0.103. The normalized spacial score (nSPS) is 11.1. The van der Waals surface area contributed by atoms with Crippen molar-refractivity contribution in [2.24, 2.45) is 0 Å². The van der Waals surface area contributed by atoms with Gasteiger partial charge in [0.2, 0.25) is 0 Å². The quantitative estimate of drug-likeness (QED) is 0.771. The highest BCUT2D eigenvalue weighted by atomic mass is 79.9. The predicted molar refractivity (Wildman–Crippen MR) is 46.2 cm³/mol. The smallest absolute Gasteiger partial charge is 0.406 e. The number of rotatable bonds is 2. The molecule has 1 rings (SSSR count). The van der Waals surface area contributed by atoms with E-state index < -0.39 is 12.1 Å². The number of benzene rings is 1. The van der Waals surface area contributed by atoms with Crippen molar-refractivity contribution in [2.45, 2.75) is 6.36 Å². The topological polar surface area (TPSA) is 26.3 Å². The fourth-order valence-corrected chi connectivity index (χ4v) is 1.15. The summed E-state index contributed by atoms with van der Waals surface area (Å²) in [6.07, 6.45) is -4.30. The van der Waals surface area contributed by atoms with Crippen LogP contribution in [-0.2, 0) is 0 Å². The highest BCUT2D eigenvalue weighted by molar-refractivity contribution is 9.10. The molecule has 2 nitrogen and oxygen atoms in total. The lowest BCUT2D eigenvalue weighted by Gasteiger charge is -2.09. The van der Waals surface area contributed by atoms with E-state index in [9.17, 15) is 18.0 Å². The fourth-order valence-electron chi connectivity index (χ4n) is 0.809. The lowest BCUT2D eigenvalue weighted by molar-refractivity contribution is -0.274. The molecule has 0 radical (unpaired) electrons. The molecule has 0 amide bonds. The molecule has 0 saturated carbocycles. The summed E-state index contributed by atoms with van der Waals surface area (Å²) in [6.45, 7) is 0. The highest BCUT2D eigenvalue weighted by Gasteiger charge is 2.31. The molecular weight excluding hydrogens is 265 g/mol. The Labute approximate surface area is 85.8 Å². The molecule has 1 aromatic rings. The van der Waals surface area contributed by atoms with Gasteiger partial charge >= 0.3 is 6.36 Å². The van der Waals surface area contributed by atoms with Crippen LogP contribution in [0.4, 0.5) is 13.2 Å². The lowest BCUT2D eigenvalue weighted by Crippen LogP contribution is -2.17. The lowest BCUT2D eigenvalue weighted by atomic mass is 10.2. The molecule has 0 heterocycles. The Morgan fingerprint density at radius 3 is 2.50 bits per heavy atom. The summed E-state index contributed by atoms with van der Waals surface area (Å²) in [4.78, 5) is 10.4. The summed E-state index contributed by atoms with van der Waals surface area (Å²) in [7, 11) is 0. The van der Waals surface area contributed by atoms with Crippen molar-refractivity contribution < 1.29 is 22.7 Å². The average molecular weight is 269 g/mol. The molecular formula is C8H4BrF3O2. The van der Waals surface area contributed by atoms with Gasteiger partial charge in [-0.25, -0.2) is 0 Å². The van der Waals surface area contributed by atoms with Crippen LogP contribution in [0.15, 0.2) is 22.7 Å². The molecule has 0 unspecified atom stereocenters. The molecule has 0 atom stereocenters. The molecule has 76 valence electrons. The highest BCUT2D eigenvalue weighted by Crippen LogP contribution is 2.26. The van der Waals surface area contributed by atoms with E-state index >= 15 is 0 Å². The first kappa shape index (κ1) is 11.0. The zero-order valence-electron chi connectivity index (χ0n) is 6.64. The fraction of sp³-hybridized carbons (Fsp3) is 0.125. The Morgan fingerprint density at radius 2 is 2.00 bits per heavy atom.